The lowest BCUT2D eigenvalue weighted by Crippen LogP contribution is -2.45. The number of piperazine rings is 1. The molecule has 3 rings (SSSR count). The maximum absolute atomic E-state index is 10.8. The van der Waals surface area contributed by atoms with Crippen LogP contribution in [0.2, 0.25) is 0 Å². The Kier molecular flexibility index (Phi) is 4.93. The number of hydrogen-bond acceptors (Lipinski definition) is 4. The second kappa shape index (κ2) is 6.91. The van der Waals surface area contributed by atoms with Crippen LogP contribution in [0.3, 0.4) is 0 Å². The summed E-state index contributed by atoms with van der Waals surface area (Å²) in [5.74, 6) is 0.0750. The van der Waals surface area contributed by atoms with Gasteiger partial charge in [-0.1, -0.05) is 23.2 Å². The van der Waals surface area contributed by atoms with Crippen molar-refractivity contribution in [3.8, 4) is 0 Å². The van der Waals surface area contributed by atoms with Crippen LogP contribution in [0.15, 0.2) is 24.4 Å². The highest BCUT2D eigenvalue weighted by atomic mass is 32.2. The Labute approximate surface area is 133 Å². The summed E-state index contributed by atoms with van der Waals surface area (Å²) in [6.45, 7) is 5.64. The van der Waals surface area contributed by atoms with E-state index in [9.17, 15) is 8.76 Å². The van der Waals surface area contributed by atoms with Crippen molar-refractivity contribution < 1.29 is 8.76 Å². The van der Waals surface area contributed by atoms with Gasteiger partial charge in [-0.2, -0.15) is 0 Å². The first-order chi connectivity index (χ1) is 10.6. The fourth-order valence-electron chi connectivity index (χ4n) is 3.02. The molecular formula is C16H22N3O2S-. The minimum Gasteiger partial charge on any atom is -0.772 e. The van der Waals surface area contributed by atoms with E-state index in [1.165, 1.54) is 10.9 Å². The van der Waals surface area contributed by atoms with Crippen molar-refractivity contribution in [1.82, 2.24) is 14.8 Å². The number of likely N-dealkylation sites (N-methyl/N-ethyl adjacent to an activating group) is 1. The molecule has 0 radical (unpaired) electrons. The second-order valence-corrected chi connectivity index (χ2v) is 6.93. The first kappa shape index (κ1) is 15.7. The monoisotopic (exact) mass is 320 g/mol. The largest absolute Gasteiger partial charge is 0.772 e. The number of fused-ring (bicyclic) bond motifs is 1. The van der Waals surface area contributed by atoms with Gasteiger partial charge in [-0.3, -0.25) is 4.21 Å². The lowest BCUT2D eigenvalue weighted by Gasteiger charge is -2.32. The first-order valence-corrected chi connectivity index (χ1v) is 8.92. The summed E-state index contributed by atoms with van der Waals surface area (Å²) in [7, 11) is 2.17. The molecule has 1 atom stereocenters. The Bertz CT molecular complexity index is 662. The molecule has 1 unspecified atom stereocenters. The number of H-pyrrole nitrogens is 1. The Morgan fingerprint density at radius 1 is 1.27 bits per heavy atom. The van der Waals surface area contributed by atoms with Gasteiger partial charge < -0.3 is 19.3 Å². The van der Waals surface area contributed by atoms with Crippen molar-refractivity contribution >= 4 is 22.0 Å². The van der Waals surface area contributed by atoms with Crippen LogP contribution in [0.1, 0.15) is 11.1 Å². The van der Waals surface area contributed by atoms with E-state index in [0.717, 1.165) is 50.2 Å². The minimum atomic E-state index is -2.04. The van der Waals surface area contributed by atoms with Gasteiger partial charge in [-0.05, 0) is 30.7 Å². The average Bonchev–Trinajstić information content (AvgIpc) is 2.88. The molecule has 0 aliphatic carbocycles. The predicted molar refractivity (Wildman–Crippen MR) is 88.6 cm³/mol. The van der Waals surface area contributed by atoms with Crippen LogP contribution in [-0.4, -0.2) is 63.3 Å². The zero-order valence-electron chi connectivity index (χ0n) is 12.9. The fourth-order valence-corrected chi connectivity index (χ4v) is 3.47. The van der Waals surface area contributed by atoms with E-state index in [0.29, 0.717) is 0 Å². The van der Waals surface area contributed by atoms with Gasteiger partial charge in [0.25, 0.3) is 0 Å². The molecule has 1 fully saturated rings. The van der Waals surface area contributed by atoms with E-state index < -0.39 is 11.1 Å². The molecule has 1 aliphatic heterocycles. The molecule has 2 heterocycles. The van der Waals surface area contributed by atoms with E-state index in [4.69, 9.17) is 0 Å². The lowest BCUT2D eigenvalue weighted by atomic mass is 10.1. The average molecular weight is 320 g/mol. The van der Waals surface area contributed by atoms with Crippen LogP contribution < -0.4 is 0 Å². The van der Waals surface area contributed by atoms with Gasteiger partial charge in [0.05, 0.1) is 0 Å². The Hall–Kier alpha value is -1.21. The molecule has 1 aromatic heterocycles. The topological polar surface area (TPSA) is 62.4 Å². The molecule has 0 amide bonds. The van der Waals surface area contributed by atoms with Gasteiger partial charge in [-0.15, -0.1) is 0 Å². The van der Waals surface area contributed by atoms with Crippen molar-refractivity contribution in [2.45, 2.75) is 12.2 Å². The van der Waals surface area contributed by atoms with Crippen molar-refractivity contribution in [3.05, 3.63) is 35.5 Å². The highest BCUT2D eigenvalue weighted by molar-refractivity contribution is 7.78. The molecule has 120 valence electrons. The van der Waals surface area contributed by atoms with Gasteiger partial charge in [0.15, 0.2) is 0 Å². The van der Waals surface area contributed by atoms with Crippen molar-refractivity contribution in [3.63, 3.8) is 0 Å². The van der Waals surface area contributed by atoms with Crippen LogP contribution in [-0.2, 0) is 23.3 Å². The Morgan fingerprint density at radius 3 is 2.77 bits per heavy atom. The molecule has 5 nitrogen and oxygen atoms in total. The predicted octanol–water partition coefficient (Wildman–Crippen LogP) is 1.34. The summed E-state index contributed by atoms with van der Waals surface area (Å²) in [6.07, 6.45) is 3.08. The molecule has 0 saturated carbocycles. The number of nitrogens with one attached hydrogen (secondary N) is 1. The number of aromatic nitrogens is 1. The molecule has 6 heteroatoms. The van der Waals surface area contributed by atoms with Gasteiger partial charge in [-0.25, -0.2) is 0 Å². The summed E-state index contributed by atoms with van der Waals surface area (Å²) in [6, 6.07) is 5.88. The highest BCUT2D eigenvalue weighted by Gasteiger charge is 2.14. The maximum Gasteiger partial charge on any atom is 0.0459 e. The smallest absolute Gasteiger partial charge is 0.0459 e. The molecular weight excluding hydrogens is 298 g/mol. The summed E-state index contributed by atoms with van der Waals surface area (Å²) in [5, 5.41) is 1.20. The normalized spacial score (nSPS) is 18.8. The number of rotatable bonds is 5. The van der Waals surface area contributed by atoms with E-state index >= 15 is 0 Å². The summed E-state index contributed by atoms with van der Waals surface area (Å²) < 4.78 is 21.6. The minimum absolute atomic E-state index is 0.0750. The summed E-state index contributed by atoms with van der Waals surface area (Å²) in [4.78, 5) is 8.14. The van der Waals surface area contributed by atoms with Crippen LogP contribution >= 0.6 is 0 Å². The van der Waals surface area contributed by atoms with E-state index in [1.54, 1.807) is 0 Å². The molecule has 2 aromatic rings. The van der Waals surface area contributed by atoms with Crippen LogP contribution in [0.5, 0.6) is 0 Å². The van der Waals surface area contributed by atoms with Gasteiger partial charge >= 0.3 is 0 Å². The lowest BCUT2D eigenvalue weighted by molar-refractivity contribution is 0.155. The van der Waals surface area contributed by atoms with Crippen LogP contribution in [0.4, 0.5) is 0 Å². The third-order valence-electron chi connectivity index (χ3n) is 4.41. The number of nitrogens with zero attached hydrogens (tertiary/aromatic N) is 2. The SMILES string of the molecule is CN1CCN(CCc2c[nH]c3cc(CS(=O)[O-])ccc23)CC1. The molecule has 22 heavy (non-hydrogen) atoms. The quantitative estimate of drug-likeness (QED) is 0.845. The molecule has 0 bridgehead atoms. The van der Waals surface area contributed by atoms with Gasteiger partial charge in [0.1, 0.15) is 0 Å². The Balaban J connectivity index is 1.65. The highest BCUT2D eigenvalue weighted by Crippen LogP contribution is 2.21. The summed E-state index contributed by atoms with van der Waals surface area (Å²) in [5.41, 5.74) is 3.16. The first-order valence-electron chi connectivity index (χ1n) is 7.67. The fraction of sp³-hybridized carbons (Fsp3) is 0.500. The molecule has 0 spiro atoms. The second-order valence-electron chi connectivity index (χ2n) is 6.04. The number of hydrogen-bond donors (Lipinski definition) is 1. The molecule has 1 N–H and O–H groups in total. The third-order valence-corrected chi connectivity index (χ3v) is 4.98. The van der Waals surface area contributed by atoms with E-state index in [-0.39, 0.29) is 5.75 Å². The summed E-state index contributed by atoms with van der Waals surface area (Å²) >= 11 is -2.04. The number of benzene rings is 1. The molecule has 1 saturated heterocycles. The van der Waals surface area contributed by atoms with Crippen molar-refractivity contribution in [2.75, 3.05) is 39.8 Å². The maximum atomic E-state index is 10.8. The zero-order chi connectivity index (χ0) is 15.5. The van der Waals surface area contributed by atoms with Crippen LogP contribution in [0, 0.1) is 0 Å². The Morgan fingerprint density at radius 2 is 2.05 bits per heavy atom. The van der Waals surface area contributed by atoms with E-state index in [2.05, 4.69) is 28.0 Å². The molecule has 1 aliphatic rings. The zero-order valence-corrected chi connectivity index (χ0v) is 13.7. The van der Waals surface area contributed by atoms with Crippen molar-refractivity contribution in [1.29, 1.82) is 0 Å². The van der Waals surface area contributed by atoms with Gasteiger partial charge in [0.2, 0.25) is 0 Å². The van der Waals surface area contributed by atoms with E-state index in [1.807, 2.05) is 18.2 Å². The van der Waals surface area contributed by atoms with Crippen molar-refractivity contribution in [2.24, 2.45) is 0 Å². The van der Waals surface area contributed by atoms with Gasteiger partial charge in [0, 0.05) is 55.6 Å². The van der Waals surface area contributed by atoms with Crippen LogP contribution in [0.25, 0.3) is 10.9 Å². The standard InChI is InChI=1S/C16H23N3O2S/c1-18-6-8-19(9-7-18)5-4-14-11-17-16-10-13(12-22(20)21)2-3-15(14)16/h2-3,10-11,17H,4-9,12H2,1H3,(H,20,21)/p-1. The third kappa shape index (κ3) is 3.76. The molecule has 1 aromatic carbocycles. The number of aromatic amines is 1.